The van der Waals surface area contributed by atoms with E-state index in [1.807, 2.05) is 30.3 Å². The van der Waals surface area contributed by atoms with E-state index in [4.69, 9.17) is 9.47 Å². The van der Waals surface area contributed by atoms with Crippen molar-refractivity contribution in [2.75, 3.05) is 19.8 Å². The van der Waals surface area contributed by atoms with Gasteiger partial charge in [0.25, 0.3) is 0 Å². The summed E-state index contributed by atoms with van der Waals surface area (Å²) in [5.41, 5.74) is 1.02. The molecule has 1 rings (SSSR count). The molecule has 0 aliphatic carbocycles. The van der Waals surface area contributed by atoms with Crippen LogP contribution in [0.25, 0.3) is 0 Å². The number of hydrogen-bond acceptors (Lipinski definition) is 4. The van der Waals surface area contributed by atoms with Crippen molar-refractivity contribution in [3.05, 3.63) is 35.9 Å². The molecule has 0 radical (unpaired) electrons. The average molecular weight is 265 g/mol. The summed E-state index contributed by atoms with van der Waals surface area (Å²) in [6.07, 6.45) is 0.179. The number of amides is 1. The molecule has 1 aromatic carbocycles. The van der Waals surface area contributed by atoms with Crippen molar-refractivity contribution in [1.82, 2.24) is 5.32 Å². The predicted octanol–water partition coefficient (Wildman–Crippen LogP) is 1.27. The average Bonchev–Trinajstić information content (AvgIpc) is 2.40. The lowest BCUT2D eigenvalue weighted by Gasteiger charge is -2.06. The van der Waals surface area contributed by atoms with Gasteiger partial charge in [-0.2, -0.15) is 0 Å². The summed E-state index contributed by atoms with van der Waals surface area (Å²) in [6, 6.07) is 9.61. The van der Waals surface area contributed by atoms with Crippen molar-refractivity contribution in [2.45, 2.75) is 20.0 Å². The Bertz CT molecular complexity index is 392. The molecule has 104 valence electrons. The van der Waals surface area contributed by atoms with Crippen LogP contribution in [0, 0.1) is 0 Å². The van der Waals surface area contributed by atoms with E-state index < -0.39 is 0 Å². The first-order valence-corrected chi connectivity index (χ1v) is 6.26. The van der Waals surface area contributed by atoms with E-state index in [-0.39, 0.29) is 31.4 Å². The first-order chi connectivity index (χ1) is 9.22. The van der Waals surface area contributed by atoms with Crippen LogP contribution in [0.4, 0.5) is 0 Å². The predicted molar refractivity (Wildman–Crippen MR) is 70.4 cm³/mol. The number of hydrogen-bond donors (Lipinski definition) is 1. The number of nitrogens with one attached hydrogen (secondary N) is 1. The van der Waals surface area contributed by atoms with E-state index >= 15 is 0 Å². The van der Waals surface area contributed by atoms with Crippen LogP contribution in [-0.2, 0) is 25.7 Å². The van der Waals surface area contributed by atoms with Gasteiger partial charge in [-0.1, -0.05) is 30.3 Å². The quantitative estimate of drug-likeness (QED) is 0.719. The van der Waals surface area contributed by atoms with Crippen LogP contribution in [0.3, 0.4) is 0 Å². The largest absolute Gasteiger partial charge is 0.466 e. The van der Waals surface area contributed by atoms with E-state index in [9.17, 15) is 9.59 Å². The molecule has 0 unspecified atom stereocenters. The topological polar surface area (TPSA) is 64.6 Å². The molecule has 1 N–H and O–H groups in total. The Labute approximate surface area is 112 Å². The summed E-state index contributed by atoms with van der Waals surface area (Å²) in [6.45, 7) is 2.75. The molecule has 0 aliphatic heterocycles. The molecule has 0 aromatic heterocycles. The highest BCUT2D eigenvalue weighted by Crippen LogP contribution is 1.99. The highest BCUT2D eigenvalue weighted by atomic mass is 16.5. The normalized spacial score (nSPS) is 9.95. The summed E-state index contributed by atoms with van der Waals surface area (Å²) >= 11 is 0. The minimum absolute atomic E-state index is 0.0162. The highest BCUT2D eigenvalue weighted by Gasteiger charge is 2.04. The minimum Gasteiger partial charge on any atom is -0.466 e. The number of esters is 1. The lowest BCUT2D eigenvalue weighted by molar-refractivity contribution is -0.143. The third kappa shape index (κ3) is 7.21. The van der Waals surface area contributed by atoms with Crippen molar-refractivity contribution < 1.29 is 19.1 Å². The van der Waals surface area contributed by atoms with Crippen LogP contribution in [0.1, 0.15) is 18.9 Å². The summed E-state index contributed by atoms with van der Waals surface area (Å²) in [4.78, 5) is 22.4. The molecule has 0 heterocycles. The maximum Gasteiger partial charge on any atom is 0.307 e. The van der Waals surface area contributed by atoms with Gasteiger partial charge in [-0.05, 0) is 12.5 Å². The van der Waals surface area contributed by atoms with Gasteiger partial charge in [-0.25, -0.2) is 0 Å². The molecule has 0 aliphatic rings. The second kappa shape index (κ2) is 9.10. The maximum atomic E-state index is 11.4. The number of carbonyl (C=O) groups excluding carboxylic acids is 2. The van der Waals surface area contributed by atoms with Crippen molar-refractivity contribution >= 4 is 11.9 Å². The molecule has 19 heavy (non-hydrogen) atoms. The molecule has 0 saturated heterocycles. The van der Waals surface area contributed by atoms with Crippen molar-refractivity contribution in [1.29, 1.82) is 0 Å². The minimum atomic E-state index is -0.312. The second-order valence-electron chi connectivity index (χ2n) is 3.88. The van der Waals surface area contributed by atoms with Gasteiger partial charge in [0.15, 0.2) is 0 Å². The van der Waals surface area contributed by atoms with Gasteiger partial charge >= 0.3 is 5.97 Å². The first-order valence-electron chi connectivity index (χ1n) is 6.26. The Hall–Kier alpha value is -1.88. The number of benzene rings is 1. The van der Waals surface area contributed by atoms with E-state index in [0.29, 0.717) is 13.2 Å². The van der Waals surface area contributed by atoms with E-state index in [0.717, 1.165) is 5.56 Å². The summed E-state index contributed by atoms with van der Waals surface area (Å²) in [7, 11) is 0. The zero-order valence-corrected chi connectivity index (χ0v) is 11.1. The Morgan fingerprint density at radius 1 is 1.21 bits per heavy atom. The van der Waals surface area contributed by atoms with Crippen molar-refractivity contribution in [2.24, 2.45) is 0 Å². The van der Waals surface area contributed by atoms with Crippen molar-refractivity contribution in [3.63, 3.8) is 0 Å². The zero-order chi connectivity index (χ0) is 13.9. The SMILES string of the molecule is CCOC(=O)CCNC(=O)COCc1ccccc1. The molecule has 1 aromatic rings. The summed E-state index contributed by atoms with van der Waals surface area (Å²) in [5.74, 6) is -0.548. The second-order valence-corrected chi connectivity index (χ2v) is 3.88. The molecular formula is C14H19NO4. The van der Waals surface area contributed by atoms with Gasteiger partial charge in [0.1, 0.15) is 6.61 Å². The molecule has 0 spiro atoms. The molecule has 1 amide bonds. The van der Waals surface area contributed by atoms with Gasteiger partial charge in [0, 0.05) is 6.54 Å². The van der Waals surface area contributed by atoms with Crippen LogP contribution in [0.5, 0.6) is 0 Å². The third-order valence-electron chi connectivity index (χ3n) is 2.30. The standard InChI is InChI=1S/C14H19NO4/c1-2-19-14(17)8-9-15-13(16)11-18-10-12-6-4-3-5-7-12/h3-7H,2,8-11H2,1H3,(H,15,16). The number of rotatable bonds is 8. The highest BCUT2D eigenvalue weighted by molar-refractivity contribution is 5.78. The first kappa shape index (κ1) is 15.2. The van der Waals surface area contributed by atoms with Crippen LogP contribution in [-0.4, -0.2) is 31.6 Å². The molecule has 0 fully saturated rings. The zero-order valence-electron chi connectivity index (χ0n) is 11.1. The van der Waals surface area contributed by atoms with Crippen LogP contribution in [0.15, 0.2) is 30.3 Å². The van der Waals surface area contributed by atoms with Gasteiger partial charge in [-0.15, -0.1) is 0 Å². The fourth-order valence-corrected chi connectivity index (χ4v) is 1.42. The van der Waals surface area contributed by atoms with Gasteiger partial charge in [0.05, 0.1) is 19.6 Å². The molecule has 0 saturated carbocycles. The van der Waals surface area contributed by atoms with Gasteiger partial charge in [-0.3, -0.25) is 9.59 Å². The molecule has 5 nitrogen and oxygen atoms in total. The van der Waals surface area contributed by atoms with E-state index in [1.54, 1.807) is 6.92 Å². The molecule has 0 atom stereocenters. The van der Waals surface area contributed by atoms with Crippen LogP contribution < -0.4 is 5.32 Å². The van der Waals surface area contributed by atoms with Gasteiger partial charge in [0.2, 0.25) is 5.91 Å². The van der Waals surface area contributed by atoms with Gasteiger partial charge < -0.3 is 14.8 Å². The summed E-state index contributed by atoms with van der Waals surface area (Å²) in [5, 5.41) is 2.59. The lowest BCUT2D eigenvalue weighted by atomic mass is 10.2. The Morgan fingerprint density at radius 3 is 2.63 bits per heavy atom. The van der Waals surface area contributed by atoms with Crippen LogP contribution >= 0.6 is 0 Å². The van der Waals surface area contributed by atoms with E-state index in [2.05, 4.69) is 5.32 Å². The fraction of sp³-hybridized carbons (Fsp3) is 0.429. The Balaban J connectivity index is 2.07. The monoisotopic (exact) mass is 265 g/mol. The summed E-state index contributed by atoms with van der Waals surface area (Å²) < 4.78 is 10.00. The molecule has 5 heteroatoms. The Kier molecular flexibility index (Phi) is 7.27. The molecule has 0 bridgehead atoms. The number of ether oxygens (including phenoxy) is 2. The molecular weight excluding hydrogens is 246 g/mol. The smallest absolute Gasteiger partial charge is 0.307 e. The van der Waals surface area contributed by atoms with E-state index in [1.165, 1.54) is 0 Å². The van der Waals surface area contributed by atoms with Crippen molar-refractivity contribution in [3.8, 4) is 0 Å². The number of carbonyl (C=O) groups is 2. The lowest BCUT2D eigenvalue weighted by Crippen LogP contribution is -2.29. The Morgan fingerprint density at radius 2 is 1.95 bits per heavy atom. The third-order valence-corrected chi connectivity index (χ3v) is 2.30. The van der Waals surface area contributed by atoms with Crippen LogP contribution in [0.2, 0.25) is 0 Å². The maximum absolute atomic E-state index is 11.4. The fourth-order valence-electron chi connectivity index (χ4n) is 1.42.